The van der Waals surface area contributed by atoms with E-state index >= 15 is 0 Å². The van der Waals surface area contributed by atoms with Crippen molar-refractivity contribution in [2.75, 3.05) is 13.7 Å². The zero-order valence-corrected chi connectivity index (χ0v) is 17.0. The van der Waals surface area contributed by atoms with Crippen molar-refractivity contribution in [2.24, 2.45) is 13.0 Å². The molecule has 0 unspecified atom stereocenters. The lowest BCUT2D eigenvalue weighted by molar-refractivity contribution is 0.285. The summed E-state index contributed by atoms with van der Waals surface area (Å²) in [5.74, 6) is 2.32. The van der Waals surface area contributed by atoms with E-state index in [2.05, 4.69) is 21.0 Å². The standard InChI is InChI=1S/C22H21N5O3/c1-13-24-10-19(17-7-21(28)27(2)11-15(17)8-23)22(26-13)30-12-14-6-18(14)20-5-4-16(29-3)9-25-20/h4-5,7,9-11,14,18H,6,12H2,1-3H3/t14-,18+/m1/s1. The summed E-state index contributed by atoms with van der Waals surface area (Å²) in [4.78, 5) is 25.2. The molecular formula is C22H21N5O3. The molecule has 8 heteroatoms. The molecule has 1 aliphatic rings. The van der Waals surface area contributed by atoms with Gasteiger partial charge in [-0.05, 0) is 25.5 Å². The van der Waals surface area contributed by atoms with Crippen LogP contribution in [0.15, 0.2) is 41.6 Å². The van der Waals surface area contributed by atoms with Gasteiger partial charge in [-0.25, -0.2) is 4.98 Å². The number of hydrogen-bond acceptors (Lipinski definition) is 7. The van der Waals surface area contributed by atoms with Gasteiger partial charge in [0.05, 0.1) is 31.0 Å². The minimum absolute atomic E-state index is 0.219. The van der Waals surface area contributed by atoms with E-state index in [4.69, 9.17) is 9.47 Å². The highest BCUT2D eigenvalue weighted by molar-refractivity contribution is 5.73. The van der Waals surface area contributed by atoms with Gasteiger partial charge in [0.2, 0.25) is 5.88 Å². The first-order chi connectivity index (χ1) is 14.5. The third-order valence-corrected chi connectivity index (χ3v) is 5.24. The molecule has 1 fully saturated rings. The highest BCUT2D eigenvalue weighted by atomic mass is 16.5. The van der Waals surface area contributed by atoms with Gasteiger partial charge in [0.1, 0.15) is 17.6 Å². The van der Waals surface area contributed by atoms with Gasteiger partial charge in [-0.1, -0.05) is 0 Å². The van der Waals surface area contributed by atoms with Crippen LogP contribution in [-0.4, -0.2) is 33.2 Å². The van der Waals surface area contributed by atoms with E-state index in [0.717, 1.165) is 17.9 Å². The van der Waals surface area contributed by atoms with Crippen LogP contribution in [0.5, 0.6) is 11.6 Å². The molecule has 0 radical (unpaired) electrons. The number of aryl methyl sites for hydroxylation is 2. The summed E-state index contributed by atoms with van der Waals surface area (Å²) in [6.07, 6.45) is 5.81. The fourth-order valence-electron chi connectivity index (χ4n) is 3.40. The van der Waals surface area contributed by atoms with Crippen molar-refractivity contribution < 1.29 is 9.47 Å². The van der Waals surface area contributed by atoms with Crippen molar-refractivity contribution >= 4 is 0 Å². The molecule has 0 N–H and O–H groups in total. The number of nitriles is 1. The Labute approximate surface area is 173 Å². The molecule has 1 aliphatic carbocycles. The molecule has 2 atom stereocenters. The Kier molecular flexibility index (Phi) is 5.19. The molecule has 152 valence electrons. The van der Waals surface area contributed by atoms with Crippen molar-refractivity contribution in [3.05, 3.63) is 64.2 Å². The Hall–Kier alpha value is -3.73. The van der Waals surface area contributed by atoms with Crippen LogP contribution < -0.4 is 15.0 Å². The maximum absolute atomic E-state index is 12.1. The van der Waals surface area contributed by atoms with Crippen molar-refractivity contribution in [3.8, 4) is 28.8 Å². The van der Waals surface area contributed by atoms with Gasteiger partial charge in [0.25, 0.3) is 5.56 Å². The molecule has 0 bridgehead atoms. The average molecular weight is 403 g/mol. The summed E-state index contributed by atoms with van der Waals surface area (Å²) < 4.78 is 12.6. The molecule has 0 aliphatic heterocycles. The molecule has 1 saturated carbocycles. The Morgan fingerprint density at radius 3 is 2.80 bits per heavy atom. The average Bonchev–Trinajstić information content (AvgIpc) is 3.54. The number of pyridine rings is 2. The second kappa shape index (κ2) is 7.95. The molecule has 4 rings (SSSR count). The van der Waals surface area contributed by atoms with Crippen molar-refractivity contribution in [3.63, 3.8) is 0 Å². The van der Waals surface area contributed by atoms with Gasteiger partial charge in [-0.3, -0.25) is 9.78 Å². The summed E-state index contributed by atoms with van der Waals surface area (Å²) in [7, 11) is 3.22. The summed E-state index contributed by atoms with van der Waals surface area (Å²) in [5, 5.41) is 9.50. The Morgan fingerprint density at radius 1 is 1.27 bits per heavy atom. The fourth-order valence-corrected chi connectivity index (χ4v) is 3.40. The smallest absolute Gasteiger partial charge is 0.250 e. The van der Waals surface area contributed by atoms with Crippen LogP contribution in [0.2, 0.25) is 0 Å². The highest BCUT2D eigenvalue weighted by Gasteiger charge is 2.40. The molecular weight excluding hydrogens is 382 g/mol. The maximum atomic E-state index is 12.1. The minimum Gasteiger partial charge on any atom is -0.495 e. The molecule has 0 aromatic carbocycles. The van der Waals surface area contributed by atoms with Crippen LogP contribution in [0.4, 0.5) is 0 Å². The quantitative estimate of drug-likeness (QED) is 0.623. The van der Waals surface area contributed by atoms with Gasteiger partial charge >= 0.3 is 0 Å². The number of aromatic nitrogens is 4. The van der Waals surface area contributed by atoms with Gasteiger partial charge in [-0.2, -0.15) is 10.2 Å². The lowest BCUT2D eigenvalue weighted by atomic mass is 10.0. The molecule has 0 spiro atoms. The van der Waals surface area contributed by atoms with E-state index in [0.29, 0.717) is 46.8 Å². The topological polar surface area (TPSA) is 103 Å². The second-order valence-corrected chi connectivity index (χ2v) is 7.33. The van der Waals surface area contributed by atoms with E-state index in [1.54, 1.807) is 33.5 Å². The van der Waals surface area contributed by atoms with Crippen LogP contribution in [0.1, 0.15) is 29.4 Å². The number of methoxy groups -OCH3 is 1. The van der Waals surface area contributed by atoms with Crippen LogP contribution in [-0.2, 0) is 7.05 Å². The summed E-state index contributed by atoms with van der Waals surface area (Å²) in [5.41, 5.74) is 2.17. The Morgan fingerprint density at radius 2 is 2.10 bits per heavy atom. The van der Waals surface area contributed by atoms with Crippen LogP contribution >= 0.6 is 0 Å². The maximum Gasteiger partial charge on any atom is 0.250 e. The fraction of sp³-hybridized carbons (Fsp3) is 0.318. The van der Waals surface area contributed by atoms with E-state index in [1.165, 1.54) is 16.8 Å². The van der Waals surface area contributed by atoms with Crippen LogP contribution in [0.3, 0.4) is 0 Å². The first-order valence-corrected chi connectivity index (χ1v) is 9.57. The SMILES string of the molecule is COc1ccc([C@H]2C[C@@H]2COc2nc(C)ncc2-c2cc(=O)n(C)cc2C#N)nc1. The van der Waals surface area contributed by atoms with Crippen LogP contribution in [0.25, 0.3) is 11.1 Å². The van der Waals surface area contributed by atoms with Gasteiger partial charge in [0.15, 0.2) is 0 Å². The third kappa shape index (κ3) is 3.87. The number of nitrogens with zero attached hydrogens (tertiary/aromatic N) is 5. The Balaban J connectivity index is 1.55. The largest absolute Gasteiger partial charge is 0.495 e. The minimum atomic E-state index is -0.219. The lowest BCUT2D eigenvalue weighted by Gasteiger charge is -2.12. The first kappa shape index (κ1) is 19.6. The lowest BCUT2D eigenvalue weighted by Crippen LogP contribution is -2.16. The normalized spacial score (nSPS) is 17.3. The monoisotopic (exact) mass is 403 g/mol. The number of ether oxygens (including phenoxy) is 2. The molecule has 8 nitrogen and oxygen atoms in total. The van der Waals surface area contributed by atoms with Crippen molar-refractivity contribution in [2.45, 2.75) is 19.3 Å². The van der Waals surface area contributed by atoms with E-state index in [1.807, 2.05) is 12.1 Å². The predicted molar refractivity (Wildman–Crippen MR) is 109 cm³/mol. The molecule has 3 aromatic heterocycles. The van der Waals surface area contributed by atoms with Gasteiger partial charge < -0.3 is 14.0 Å². The van der Waals surface area contributed by atoms with Crippen LogP contribution in [0, 0.1) is 24.2 Å². The Bertz CT molecular complexity index is 1180. The van der Waals surface area contributed by atoms with E-state index in [-0.39, 0.29) is 5.56 Å². The van der Waals surface area contributed by atoms with E-state index < -0.39 is 0 Å². The van der Waals surface area contributed by atoms with E-state index in [9.17, 15) is 10.1 Å². The summed E-state index contributed by atoms with van der Waals surface area (Å²) >= 11 is 0. The molecule has 3 aromatic rings. The third-order valence-electron chi connectivity index (χ3n) is 5.24. The molecule has 30 heavy (non-hydrogen) atoms. The first-order valence-electron chi connectivity index (χ1n) is 9.57. The zero-order valence-electron chi connectivity index (χ0n) is 17.0. The van der Waals surface area contributed by atoms with Crippen molar-refractivity contribution in [1.29, 1.82) is 5.26 Å². The number of hydrogen-bond donors (Lipinski definition) is 0. The molecule has 0 saturated heterocycles. The van der Waals surface area contributed by atoms with Crippen molar-refractivity contribution in [1.82, 2.24) is 19.5 Å². The molecule has 3 heterocycles. The van der Waals surface area contributed by atoms with Gasteiger partial charge in [-0.15, -0.1) is 0 Å². The summed E-state index contributed by atoms with van der Waals surface area (Å²) in [6, 6.07) is 7.43. The number of rotatable bonds is 6. The van der Waals surface area contributed by atoms with Gasteiger partial charge in [0, 0.05) is 48.6 Å². The molecule has 0 amide bonds. The zero-order chi connectivity index (χ0) is 21.3. The second-order valence-electron chi connectivity index (χ2n) is 7.33. The highest BCUT2D eigenvalue weighted by Crippen LogP contribution is 2.47. The predicted octanol–water partition coefficient (Wildman–Crippen LogP) is 2.61. The summed E-state index contributed by atoms with van der Waals surface area (Å²) in [6.45, 7) is 2.24.